The molecule has 0 aliphatic carbocycles. The standard InChI is InChI=1S/C23H24Cl3N3O4/c1-5-32-20(30)17-11-15(10-14-8-6-7-9-16(14)17)29-19(12-18(28-29)22(2,3)4)27-21(31)33-13-23(24,25)26/h6-12H,5,13H2,1-4H3,(H,27,31). The SMILES string of the molecule is CCOC(=O)c1cc(-n2nc(C(C)(C)C)cc2NC(=O)OCC(Cl)(Cl)Cl)cc2ccccc12. The highest BCUT2D eigenvalue weighted by molar-refractivity contribution is 6.67. The summed E-state index contributed by atoms with van der Waals surface area (Å²) in [5.74, 6) is -0.116. The predicted octanol–water partition coefficient (Wildman–Crippen LogP) is 6.42. The van der Waals surface area contributed by atoms with Crippen LogP contribution in [0, 0.1) is 0 Å². The third-order valence-electron chi connectivity index (χ3n) is 4.66. The molecule has 0 spiro atoms. The van der Waals surface area contributed by atoms with Gasteiger partial charge in [-0.05, 0) is 29.8 Å². The van der Waals surface area contributed by atoms with Gasteiger partial charge in [-0.15, -0.1) is 0 Å². The van der Waals surface area contributed by atoms with Crippen LogP contribution in [0.15, 0.2) is 42.5 Å². The van der Waals surface area contributed by atoms with Crippen molar-refractivity contribution in [1.29, 1.82) is 0 Å². The summed E-state index contributed by atoms with van der Waals surface area (Å²) >= 11 is 17.0. The van der Waals surface area contributed by atoms with E-state index in [-0.39, 0.29) is 12.0 Å². The summed E-state index contributed by atoms with van der Waals surface area (Å²) in [5.41, 5.74) is 1.35. The molecule has 3 aromatic rings. The Bertz CT molecular complexity index is 1180. The van der Waals surface area contributed by atoms with Crippen molar-refractivity contribution < 1.29 is 19.1 Å². The number of alkyl halides is 3. The predicted molar refractivity (Wildman–Crippen MR) is 131 cm³/mol. The lowest BCUT2D eigenvalue weighted by Crippen LogP contribution is -2.22. The number of nitrogens with zero attached hydrogens (tertiary/aromatic N) is 2. The zero-order valence-electron chi connectivity index (χ0n) is 18.6. The smallest absolute Gasteiger partial charge is 0.412 e. The molecule has 1 N–H and O–H groups in total. The number of aromatic nitrogens is 2. The van der Waals surface area contributed by atoms with Crippen molar-refractivity contribution in [3.8, 4) is 5.69 Å². The zero-order chi connectivity index (χ0) is 24.4. The quantitative estimate of drug-likeness (QED) is 0.315. The van der Waals surface area contributed by atoms with Crippen LogP contribution in [-0.4, -0.2) is 38.8 Å². The molecule has 1 amide bonds. The van der Waals surface area contributed by atoms with E-state index in [1.807, 2.05) is 51.1 Å². The van der Waals surface area contributed by atoms with Crippen molar-refractivity contribution in [2.24, 2.45) is 0 Å². The van der Waals surface area contributed by atoms with Gasteiger partial charge in [-0.1, -0.05) is 79.8 Å². The average Bonchev–Trinajstić information content (AvgIpc) is 3.15. The first-order valence-corrected chi connectivity index (χ1v) is 11.3. The van der Waals surface area contributed by atoms with Crippen LogP contribution in [0.2, 0.25) is 0 Å². The molecule has 0 aliphatic heterocycles. The molecule has 33 heavy (non-hydrogen) atoms. The fourth-order valence-electron chi connectivity index (χ4n) is 3.12. The van der Waals surface area contributed by atoms with Gasteiger partial charge in [0.05, 0.1) is 23.6 Å². The number of carbonyl (C=O) groups is 2. The van der Waals surface area contributed by atoms with Gasteiger partial charge in [0.15, 0.2) is 0 Å². The molecule has 0 unspecified atom stereocenters. The average molecular weight is 513 g/mol. The molecule has 0 aliphatic rings. The van der Waals surface area contributed by atoms with Crippen molar-refractivity contribution in [2.75, 3.05) is 18.5 Å². The molecule has 0 radical (unpaired) electrons. The highest BCUT2D eigenvalue weighted by Crippen LogP contribution is 2.30. The van der Waals surface area contributed by atoms with Crippen LogP contribution in [0.4, 0.5) is 10.6 Å². The minimum absolute atomic E-state index is 0.245. The number of anilines is 1. The molecule has 0 bridgehead atoms. The van der Waals surface area contributed by atoms with Gasteiger partial charge in [-0.2, -0.15) is 5.10 Å². The topological polar surface area (TPSA) is 82.5 Å². The van der Waals surface area contributed by atoms with Crippen LogP contribution < -0.4 is 5.32 Å². The monoisotopic (exact) mass is 511 g/mol. The van der Waals surface area contributed by atoms with E-state index in [1.165, 1.54) is 4.68 Å². The lowest BCUT2D eigenvalue weighted by atomic mass is 9.92. The first kappa shape index (κ1) is 25.1. The number of esters is 1. The summed E-state index contributed by atoms with van der Waals surface area (Å²) in [6, 6.07) is 12.7. The minimum Gasteiger partial charge on any atom is -0.462 e. The molecule has 2 aromatic carbocycles. The highest BCUT2D eigenvalue weighted by Gasteiger charge is 2.25. The van der Waals surface area contributed by atoms with Crippen molar-refractivity contribution in [3.63, 3.8) is 0 Å². The van der Waals surface area contributed by atoms with Gasteiger partial charge in [0, 0.05) is 11.5 Å². The van der Waals surface area contributed by atoms with Crippen LogP contribution in [0.5, 0.6) is 0 Å². The second-order valence-electron chi connectivity index (χ2n) is 8.33. The molecule has 0 atom stereocenters. The van der Waals surface area contributed by atoms with E-state index in [1.54, 1.807) is 19.1 Å². The fourth-order valence-corrected chi connectivity index (χ4v) is 3.28. The van der Waals surface area contributed by atoms with E-state index < -0.39 is 22.5 Å². The normalized spacial score (nSPS) is 12.0. The lowest BCUT2D eigenvalue weighted by Gasteiger charge is -2.15. The Morgan fingerprint density at radius 3 is 2.39 bits per heavy atom. The van der Waals surface area contributed by atoms with Gasteiger partial charge >= 0.3 is 12.1 Å². The van der Waals surface area contributed by atoms with Gasteiger partial charge < -0.3 is 9.47 Å². The third-order valence-corrected chi connectivity index (χ3v) is 4.99. The number of hydrogen-bond donors (Lipinski definition) is 1. The molecule has 0 saturated heterocycles. The third kappa shape index (κ3) is 6.31. The summed E-state index contributed by atoms with van der Waals surface area (Å²) in [6.07, 6.45) is -0.811. The Hall–Kier alpha value is -2.48. The summed E-state index contributed by atoms with van der Waals surface area (Å²) in [5, 5.41) is 8.89. The molecule has 3 rings (SSSR count). The number of halogens is 3. The number of rotatable bonds is 5. The number of carbonyl (C=O) groups excluding carboxylic acids is 2. The van der Waals surface area contributed by atoms with E-state index in [0.29, 0.717) is 22.8 Å². The number of hydrogen-bond acceptors (Lipinski definition) is 5. The van der Waals surface area contributed by atoms with Gasteiger partial charge in [-0.3, -0.25) is 5.32 Å². The van der Waals surface area contributed by atoms with Crippen LogP contribution in [-0.2, 0) is 14.9 Å². The fraction of sp³-hybridized carbons (Fsp3) is 0.348. The largest absolute Gasteiger partial charge is 0.462 e. The second kappa shape index (κ2) is 9.79. The van der Waals surface area contributed by atoms with Crippen LogP contribution in [0.3, 0.4) is 0 Å². The Morgan fingerprint density at radius 2 is 1.76 bits per heavy atom. The molecule has 0 fully saturated rings. The molecular weight excluding hydrogens is 489 g/mol. The van der Waals surface area contributed by atoms with E-state index in [9.17, 15) is 9.59 Å². The molecule has 7 nitrogen and oxygen atoms in total. The first-order chi connectivity index (χ1) is 15.4. The summed E-state index contributed by atoms with van der Waals surface area (Å²) in [4.78, 5) is 25.0. The summed E-state index contributed by atoms with van der Waals surface area (Å²) in [7, 11) is 0. The summed E-state index contributed by atoms with van der Waals surface area (Å²) in [6.45, 7) is 7.55. The number of nitrogens with one attached hydrogen (secondary N) is 1. The lowest BCUT2D eigenvalue weighted by molar-refractivity contribution is 0.0528. The maximum atomic E-state index is 12.7. The molecule has 1 heterocycles. The molecule has 176 valence electrons. The Balaban J connectivity index is 2.10. The van der Waals surface area contributed by atoms with E-state index in [2.05, 4.69) is 10.4 Å². The van der Waals surface area contributed by atoms with Crippen LogP contribution >= 0.6 is 34.8 Å². The summed E-state index contributed by atoms with van der Waals surface area (Å²) < 4.78 is 10.0. The number of benzene rings is 2. The van der Waals surface area contributed by atoms with Crippen molar-refractivity contribution in [2.45, 2.75) is 36.9 Å². The van der Waals surface area contributed by atoms with E-state index >= 15 is 0 Å². The van der Waals surface area contributed by atoms with Crippen LogP contribution in [0.25, 0.3) is 16.5 Å². The van der Waals surface area contributed by atoms with Gasteiger partial charge in [0.25, 0.3) is 0 Å². The molecule has 0 saturated carbocycles. The number of ether oxygens (including phenoxy) is 2. The number of fused-ring (bicyclic) bond motifs is 1. The zero-order valence-corrected chi connectivity index (χ0v) is 20.9. The maximum Gasteiger partial charge on any atom is 0.412 e. The van der Waals surface area contributed by atoms with Crippen LogP contribution in [0.1, 0.15) is 43.7 Å². The van der Waals surface area contributed by atoms with E-state index in [4.69, 9.17) is 44.3 Å². The molecular formula is C23H24Cl3N3O4. The van der Waals surface area contributed by atoms with E-state index in [0.717, 1.165) is 10.8 Å². The van der Waals surface area contributed by atoms with Crippen molar-refractivity contribution in [3.05, 3.63) is 53.7 Å². The molecule has 1 aromatic heterocycles. The van der Waals surface area contributed by atoms with Crippen molar-refractivity contribution in [1.82, 2.24) is 9.78 Å². The minimum atomic E-state index is -1.74. The Morgan fingerprint density at radius 1 is 1.06 bits per heavy atom. The van der Waals surface area contributed by atoms with Gasteiger partial charge in [0.2, 0.25) is 3.79 Å². The molecule has 10 heteroatoms. The number of amides is 1. The van der Waals surface area contributed by atoms with Gasteiger partial charge in [0.1, 0.15) is 12.4 Å². The van der Waals surface area contributed by atoms with Crippen molar-refractivity contribution >= 4 is 63.5 Å². The first-order valence-electron chi connectivity index (χ1n) is 10.2. The Kier molecular flexibility index (Phi) is 7.46. The Labute approximate surface area is 206 Å². The maximum absolute atomic E-state index is 12.7. The van der Waals surface area contributed by atoms with Gasteiger partial charge in [-0.25, -0.2) is 14.3 Å². The highest BCUT2D eigenvalue weighted by atomic mass is 35.6. The second-order valence-corrected chi connectivity index (χ2v) is 10.8.